The first-order chi connectivity index (χ1) is 32.7. The molecule has 2 aliphatic heterocycles. The fraction of sp³-hybridized carbons (Fsp3) is 0.0164. The second kappa shape index (κ2) is 14.1. The molecule has 4 nitrogen and oxygen atoms in total. The molecule has 10 aromatic carbocycles. The Labute approximate surface area is 382 Å². The quantitative estimate of drug-likeness (QED) is 0.162. The third-order valence-electron chi connectivity index (χ3n) is 14.3. The number of para-hydroxylation sites is 4. The molecule has 2 aliphatic rings. The predicted molar refractivity (Wildman–Crippen MR) is 271 cm³/mol. The average Bonchev–Trinajstić information content (AvgIpc) is 3.95. The predicted octanol–water partition coefficient (Wildman–Crippen LogP) is 13.1. The molecule has 0 radical (unpaired) electrons. The molecule has 0 fully saturated rings. The summed E-state index contributed by atoms with van der Waals surface area (Å²) in [5.74, 6) is 1.74. The number of benzene rings is 10. The highest BCUT2D eigenvalue weighted by atomic mass is 28.3. The Balaban J connectivity index is 1.12. The molecule has 1 spiro atoms. The molecule has 0 unspecified atom stereocenters. The normalized spacial score (nSPS) is 14.1. The zero-order valence-corrected chi connectivity index (χ0v) is 36.7. The molecule has 0 bridgehead atoms. The zero-order chi connectivity index (χ0) is 43.4. The summed E-state index contributed by atoms with van der Waals surface area (Å²) in [6, 6.07) is 86.2. The van der Waals surface area contributed by atoms with Crippen LogP contribution in [0, 0.1) is 0 Å². The maximum absolute atomic E-state index is 6.83. The molecular weight excluding hydrogens is 823 g/mol. The van der Waals surface area contributed by atoms with Crippen LogP contribution in [0.1, 0.15) is 22.3 Å². The molecule has 0 saturated carbocycles. The summed E-state index contributed by atoms with van der Waals surface area (Å²) in [6.07, 6.45) is 0. The van der Waals surface area contributed by atoms with Gasteiger partial charge < -0.3 is 18.5 Å². The van der Waals surface area contributed by atoms with Crippen molar-refractivity contribution in [3.05, 3.63) is 259 Å². The lowest BCUT2D eigenvalue weighted by atomic mass is 9.63. The number of furan rings is 2. The van der Waals surface area contributed by atoms with Gasteiger partial charge in [0.2, 0.25) is 0 Å². The monoisotopic (exact) mass is 861 g/mol. The molecule has 310 valence electrons. The minimum atomic E-state index is -3.14. The Bertz CT molecular complexity index is 3690. The van der Waals surface area contributed by atoms with Gasteiger partial charge in [-0.2, -0.15) is 0 Å². The van der Waals surface area contributed by atoms with E-state index in [0.717, 1.165) is 83.6 Å². The second-order valence-corrected chi connectivity index (χ2v) is 21.2. The fourth-order valence-corrected chi connectivity index (χ4v) is 16.9. The van der Waals surface area contributed by atoms with Crippen LogP contribution >= 0.6 is 0 Å². The number of hydrogen-bond acceptors (Lipinski definition) is 4. The zero-order valence-electron chi connectivity index (χ0n) is 35.7. The third kappa shape index (κ3) is 5.03. The molecule has 14 rings (SSSR count). The molecule has 5 heteroatoms. The maximum Gasteiger partial charge on any atom is 0.180 e. The van der Waals surface area contributed by atoms with E-state index in [1.807, 2.05) is 24.3 Å². The van der Waals surface area contributed by atoms with E-state index in [1.165, 1.54) is 31.9 Å². The van der Waals surface area contributed by atoms with E-state index in [0.29, 0.717) is 0 Å². The van der Waals surface area contributed by atoms with Crippen molar-refractivity contribution in [2.75, 3.05) is 4.90 Å². The van der Waals surface area contributed by atoms with Gasteiger partial charge in [-0.25, -0.2) is 0 Å². The summed E-state index contributed by atoms with van der Waals surface area (Å²) in [6.45, 7) is 0. The van der Waals surface area contributed by atoms with Crippen LogP contribution in [-0.2, 0) is 5.41 Å². The van der Waals surface area contributed by atoms with Crippen molar-refractivity contribution in [2.24, 2.45) is 0 Å². The van der Waals surface area contributed by atoms with Gasteiger partial charge in [0.15, 0.2) is 8.07 Å². The van der Waals surface area contributed by atoms with Gasteiger partial charge in [0.25, 0.3) is 0 Å². The molecule has 4 heterocycles. The number of fused-ring (bicyclic) bond motifs is 14. The van der Waals surface area contributed by atoms with Crippen molar-refractivity contribution in [2.45, 2.75) is 5.41 Å². The Morgan fingerprint density at radius 1 is 0.318 bits per heavy atom. The van der Waals surface area contributed by atoms with Crippen molar-refractivity contribution in [3.63, 3.8) is 0 Å². The Kier molecular flexibility index (Phi) is 7.89. The number of ether oxygens (including phenoxy) is 1. The van der Waals surface area contributed by atoms with Crippen molar-refractivity contribution >= 4 is 89.8 Å². The van der Waals surface area contributed by atoms with Gasteiger partial charge in [0.05, 0.1) is 5.41 Å². The van der Waals surface area contributed by atoms with Gasteiger partial charge in [0, 0.05) is 61.9 Å². The van der Waals surface area contributed by atoms with E-state index in [-0.39, 0.29) is 0 Å². The van der Waals surface area contributed by atoms with Gasteiger partial charge in [-0.1, -0.05) is 164 Å². The second-order valence-electron chi connectivity index (χ2n) is 17.5. The first kappa shape index (κ1) is 37.0. The van der Waals surface area contributed by atoms with Crippen LogP contribution in [0.5, 0.6) is 11.5 Å². The largest absolute Gasteiger partial charge is 0.457 e. The van der Waals surface area contributed by atoms with Crippen LogP contribution in [0.25, 0.3) is 43.9 Å². The van der Waals surface area contributed by atoms with Gasteiger partial charge in [-0.05, 0) is 92.5 Å². The molecular formula is C61H39NO3Si. The van der Waals surface area contributed by atoms with E-state index >= 15 is 0 Å². The molecule has 0 aliphatic carbocycles. The van der Waals surface area contributed by atoms with Crippen LogP contribution in [0.4, 0.5) is 17.1 Å². The lowest BCUT2D eigenvalue weighted by Crippen LogP contribution is -2.79. The standard InChI is InChI=1S/C61H39NO3Si/c1-3-17-43(18-4-1)66(44-19-5-2-6-20-44)59-30-16-11-25-51(59)61(49-23-9-14-28-55(49)65-56-29-15-10-24-50(56)61)52-36-33-42(39-60(52)66)62(40-31-34-47-45-21-7-12-26-53(45)63-57(47)37-40)41-32-35-48-46-22-8-13-27-54(46)64-58(48)38-41/h1-39H. The Morgan fingerprint density at radius 3 is 1.32 bits per heavy atom. The Morgan fingerprint density at radius 2 is 0.742 bits per heavy atom. The summed E-state index contributed by atoms with van der Waals surface area (Å²) in [5.41, 5.74) is 10.5. The van der Waals surface area contributed by atoms with Crippen molar-refractivity contribution in [1.82, 2.24) is 0 Å². The van der Waals surface area contributed by atoms with E-state index in [1.54, 1.807) is 0 Å². The first-order valence-corrected chi connectivity index (χ1v) is 24.6. The minimum Gasteiger partial charge on any atom is -0.457 e. The third-order valence-corrected chi connectivity index (χ3v) is 19.1. The smallest absolute Gasteiger partial charge is 0.180 e. The summed E-state index contributed by atoms with van der Waals surface area (Å²) < 4.78 is 20.0. The summed E-state index contributed by atoms with van der Waals surface area (Å²) in [5, 5.41) is 9.70. The lowest BCUT2D eigenvalue weighted by Gasteiger charge is -2.51. The highest BCUT2D eigenvalue weighted by molar-refractivity contribution is 7.20. The van der Waals surface area contributed by atoms with Crippen LogP contribution in [-0.4, -0.2) is 8.07 Å². The van der Waals surface area contributed by atoms with Gasteiger partial charge in [0.1, 0.15) is 33.8 Å². The lowest BCUT2D eigenvalue weighted by molar-refractivity contribution is 0.435. The van der Waals surface area contributed by atoms with Gasteiger partial charge in [-0.15, -0.1) is 0 Å². The fourth-order valence-electron chi connectivity index (χ4n) is 11.6. The van der Waals surface area contributed by atoms with E-state index < -0.39 is 13.5 Å². The molecule has 0 N–H and O–H groups in total. The van der Waals surface area contributed by atoms with Crippen LogP contribution in [0.2, 0.25) is 0 Å². The van der Waals surface area contributed by atoms with Crippen LogP contribution in [0.3, 0.4) is 0 Å². The van der Waals surface area contributed by atoms with Gasteiger partial charge in [-0.3, -0.25) is 0 Å². The number of rotatable bonds is 5. The number of hydrogen-bond donors (Lipinski definition) is 0. The van der Waals surface area contributed by atoms with Crippen LogP contribution < -0.4 is 30.4 Å². The molecule has 66 heavy (non-hydrogen) atoms. The topological polar surface area (TPSA) is 38.8 Å². The average molecular weight is 862 g/mol. The number of anilines is 3. The van der Waals surface area contributed by atoms with E-state index in [4.69, 9.17) is 13.6 Å². The summed E-state index contributed by atoms with van der Waals surface area (Å²) in [4.78, 5) is 2.38. The number of nitrogens with zero attached hydrogens (tertiary/aromatic N) is 1. The summed E-state index contributed by atoms with van der Waals surface area (Å²) >= 11 is 0. The molecule has 0 amide bonds. The van der Waals surface area contributed by atoms with Crippen LogP contribution in [0.15, 0.2) is 245 Å². The van der Waals surface area contributed by atoms with Crippen molar-refractivity contribution in [3.8, 4) is 11.5 Å². The van der Waals surface area contributed by atoms with E-state index in [9.17, 15) is 0 Å². The molecule has 0 saturated heterocycles. The molecule has 2 aromatic heterocycles. The van der Waals surface area contributed by atoms with Crippen molar-refractivity contribution in [1.29, 1.82) is 0 Å². The first-order valence-electron chi connectivity index (χ1n) is 22.6. The SMILES string of the molecule is c1ccc([Si]2(c3ccccc3)c3ccccc3C3(c4ccccc4Oc4ccccc43)c3ccc(N(c4ccc5c(c4)oc4ccccc45)c4ccc5c(c4)oc4ccccc45)cc32)cc1. The Hall–Kier alpha value is -8.38. The van der Waals surface area contributed by atoms with E-state index in [2.05, 4.69) is 217 Å². The minimum absolute atomic E-state index is 0.693. The summed E-state index contributed by atoms with van der Waals surface area (Å²) in [7, 11) is -3.14. The van der Waals surface area contributed by atoms with Crippen molar-refractivity contribution < 1.29 is 13.6 Å². The highest BCUT2D eigenvalue weighted by Gasteiger charge is 2.57. The highest BCUT2D eigenvalue weighted by Crippen LogP contribution is 2.56. The molecule has 0 atom stereocenters. The maximum atomic E-state index is 6.83. The molecule has 12 aromatic rings. The van der Waals surface area contributed by atoms with Gasteiger partial charge >= 0.3 is 0 Å².